The fourth-order valence-corrected chi connectivity index (χ4v) is 13.5. The van der Waals surface area contributed by atoms with Crippen LogP contribution in [-0.4, -0.2) is 46.2 Å². The van der Waals surface area contributed by atoms with Gasteiger partial charge < -0.3 is 14.1 Å². The lowest BCUT2D eigenvalue weighted by Gasteiger charge is -2.35. The first-order valence-electron chi connectivity index (χ1n) is 9.32. The third kappa shape index (κ3) is 16.0. The fourth-order valence-electron chi connectivity index (χ4n) is 2.82. The summed E-state index contributed by atoms with van der Waals surface area (Å²) >= 11 is 0. The Balaban J connectivity index is 4.41. The normalized spacial score (nSPS) is 14.3. The van der Waals surface area contributed by atoms with Crippen molar-refractivity contribution in [3.8, 4) is 0 Å². The van der Waals surface area contributed by atoms with Gasteiger partial charge in [0.05, 0.1) is 0 Å². The molecule has 0 aromatic heterocycles. The minimum atomic E-state index is -1.56. The molecule has 0 rings (SSSR count). The number of hydrogen-bond donors (Lipinski definition) is 2. The number of rotatable bonds is 12. The summed E-state index contributed by atoms with van der Waals surface area (Å²) in [7, 11) is -5.26. The minimum absolute atomic E-state index is 1.12. The third-order valence-corrected chi connectivity index (χ3v) is 13.5. The van der Waals surface area contributed by atoms with E-state index in [1.807, 2.05) is 0 Å². The molecule has 140 valence electrons. The maximum Gasteiger partial charge on any atom is 0.176 e. The van der Waals surface area contributed by atoms with Crippen molar-refractivity contribution < 1.29 is 4.12 Å². The molecule has 0 fully saturated rings. The summed E-state index contributed by atoms with van der Waals surface area (Å²) in [5, 5.41) is 0. The molecule has 0 aliphatic heterocycles. The van der Waals surface area contributed by atoms with Gasteiger partial charge in [-0.3, -0.25) is 0 Å². The van der Waals surface area contributed by atoms with Crippen molar-refractivity contribution in [2.24, 2.45) is 0 Å². The highest BCUT2D eigenvalue weighted by atomic mass is 28.4. The second-order valence-electron chi connectivity index (χ2n) is 10.2. The van der Waals surface area contributed by atoms with Gasteiger partial charge in [0.1, 0.15) is 16.5 Å². The summed E-state index contributed by atoms with van der Waals surface area (Å²) in [5.41, 5.74) is 0. The van der Waals surface area contributed by atoms with Crippen molar-refractivity contribution in [2.45, 2.75) is 90.4 Å². The summed E-state index contributed by atoms with van der Waals surface area (Å²) in [6, 6.07) is 2.61. The average Bonchev–Trinajstić information content (AvgIpc) is 2.26. The predicted octanol–water partition coefficient (Wildman–Crippen LogP) is 5.04. The second-order valence-corrected chi connectivity index (χ2v) is 28.9. The van der Waals surface area contributed by atoms with Crippen molar-refractivity contribution in [3.63, 3.8) is 0 Å². The Labute approximate surface area is 150 Å². The molecule has 23 heavy (non-hydrogen) atoms. The van der Waals surface area contributed by atoms with Crippen molar-refractivity contribution in [3.05, 3.63) is 0 Å². The van der Waals surface area contributed by atoms with E-state index < -0.39 is 33.1 Å². The van der Waals surface area contributed by atoms with E-state index in [2.05, 4.69) is 75.4 Å². The minimum Gasteiger partial charge on any atom is -0.456 e. The zero-order chi connectivity index (χ0) is 18.4. The van der Waals surface area contributed by atoms with Crippen LogP contribution in [0.25, 0.3) is 0 Å². The van der Waals surface area contributed by atoms with Crippen LogP contribution in [0.2, 0.25) is 77.6 Å². The summed E-state index contributed by atoms with van der Waals surface area (Å²) in [5.74, 6) is 0. The van der Waals surface area contributed by atoms with Gasteiger partial charge in [0.2, 0.25) is 0 Å². The van der Waals surface area contributed by atoms with E-state index in [0.717, 1.165) is 0 Å². The van der Waals surface area contributed by atoms with E-state index in [1.165, 1.54) is 38.0 Å². The van der Waals surface area contributed by atoms with E-state index >= 15 is 0 Å². The Bertz CT molecular complexity index is 310. The SMILES string of the molecule is C[Si](C)(C)NCCC[Si](C)(CCCN[Si](C)(C)C)O[Si](C)(C)C. The zero-order valence-electron chi connectivity index (χ0n) is 17.7. The van der Waals surface area contributed by atoms with Crippen LogP contribution in [0.4, 0.5) is 0 Å². The largest absolute Gasteiger partial charge is 0.456 e. The van der Waals surface area contributed by atoms with Crippen LogP contribution < -0.4 is 9.96 Å². The highest BCUT2D eigenvalue weighted by molar-refractivity contribution is 6.85. The van der Waals surface area contributed by atoms with Gasteiger partial charge in [-0.25, -0.2) is 0 Å². The Hall–Kier alpha value is 0.748. The Morgan fingerprint density at radius 3 is 1.22 bits per heavy atom. The van der Waals surface area contributed by atoms with Crippen molar-refractivity contribution in [2.75, 3.05) is 13.1 Å². The molecule has 0 heterocycles. The van der Waals surface area contributed by atoms with Gasteiger partial charge in [0, 0.05) is 0 Å². The number of nitrogens with one attached hydrogen (secondary N) is 2. The summed E-state index contributed by atoms with van der Waals surface area (Å²) in [6.45, 7) is 26.1. The molecule has 0 saturated heterocycles. The van der Waals surface area contributed by atoms with Gasteiger partial charge >= 0.3 is 0 Å². The van der Waals surface area contributed by atoms with E-state index in [9.17, 15) is 0 Å². The Morgan fingerprint density at radius 1 is 0.609 bits per heavy atom. The molecule has 3 nitrogen and oxygen atoms in total. The van der Waals surface area contributed by atoms with Crippen molar-refractivity contribution in [1.82, 2.24) is 9.96 Å². The Morgan fingerprint density at radius 2 is 0.957 bits per heavy atom. The molecule has 0 saturated carbocycles. The summed E-state index contributed by atoms with van der Waals surface area (Å²) in [6.07, 6.45) is 2.55. The Kier molecular flexibility index (Phi) is 9.75. The molecule has 0 aromatic rings. The molecule has 0 spiro atoms. The third-order valence-electron chi connectivity index (χ3n) is 3.63. The van der Waals surface area contributed by atoms with Crippen LogP contribution in [-0.2, 0) is 4.12 Å². The van der Waals surface area contributed by atoms with Gasteiger partial charge in [0.25, 0.3) is 0 Å². The molecule has 0 aromatic carbocycles. The molecule has 0 amide bonds. The van der Waals surface area contributed by atoms with Gasteiger partial charge in [-0.2, -0.15) is 0 Å². The van der Waals surface area contributed by atoms with Crippen LogP contribution in [0.15, 0.2) is 0 Å². The number of hydrogen-bond acceptors (Lipinski definition) is 3. The first kappa shape index (κ1) is 23.7. The summed E-state index contributed by atoms with van der Waals surface area (Å²) < 4.78 is 6.73. The zero-order valence-corrected chi connectivity index (χ0v) is 21.7. The lowest BCUT2D eigenvalue weighted by Crippen LogP contribution is -2.47. The standard InChI is InChI=1S/C16H44N2OSi4/c1-20(2,3)17-13-11-15-23(10,19-22(7,8)9)16-12-14-18-21(4,5)6/h17-18H,11-16H2,1-10H3. The molecule has 0 aliphatic carbocycles. The quantitative estimate of drug-likeness (QED) is 0.360. The summed E-state index contributed by atoms with van der Waals surface area (Å²) in [4.78, 5) is 7.51. The second kappa shape index (κ2) is 9.45. The average molecular weight is 393 g/mol. The van der Waals surface area contributed by atoms with Crippen molar-refractivity contribution in [1.29, 1.82) is 0 Å². The van der Waals surface area contributed by atoms with Gasteiger partial charge in [-0.05, 0) is 64.2 Å². The molecular formula is C16H44N2OSi4. The van der Waals surface area contributed by atoms with Crippen LogP contribution >= 0.6 is 0 Å². The predicted molar refractivity (Wildman–Crippen MR) is 118 cm³/mol. The topological polar surface area (TPSA) is 33.3 Å². The van der Waals surface area contributed by atoms with E-state index in [1.54, 1.807) is 0 Å². The van der Waals surface area contributed by atoms with Crippen LogP contribution in [0.3, 0.4) is 0 Å². The monoisotopic (exact) mass is 392 g/mol. The lowest BCUT2D eigenvalue weighted by molar-refractivity contribution is 0.527. The van der Waals surface area contributed by atoms with Gasteiger partial charge in [-0.15, -0.1) is 0 Å². The molecule has 0 atom stereocenters. The van der Waals surface area contributed by atoms with Crippen molar-refractivity contribution >= 4 is 33.1 Å². The van der Waals surface area contributed by atoms with Crippen LogP contribution in [0, 0.1) is 0 Å². The molecular weight excluding hydrogens is 349 g/mol. The molecule has 0 unspecified atom stereocenters. The van der Waals surface area contributed by atoms with Crippen LogP contribution in [0.5, 0.6) is 0 Å². The molecule has 7 heteroatoms. The van der Waals surface area contributed by atoms with E-state index in [4.69, 9.17) is 4.12 Å². The van der Waals surface area contributed by atoms with Gasteiger partial charge in [-0.1, -0.05) is 39.3 Å². The van der Waals surface area contributed by atoms with E-state index in [0.29, 0.717) is 0 Å². The van der Waals surface area contributed by atoms with Gasteiger partial charge in [0.15, 0.2) is 16.6 Å². The fraction of sp³-hybridized carbons (Fsp3) is 1.00. The first-order chi connectivity index (χ1) is 10.1. The first-order valence-corrected chi connectivity index (χ1v) is 22.6. The van der Waals surface area contributed by atoms with E-state index in [-0.39, 0.29) is 0 Å². The lowest BCUT2D eigenvalue weighted by atomic mass is 10.5. The highest BCUT2D eigenvalue weighted by Crippen LogP contribution is 2.25. The van der Waals surface area contributed by atoms with Crippen LogP contribution in [0.1, 0.15) is 12.8 Å². The molecule has 2 N–H and O–H groups in total. The smallest absolute Gasteiger partial charge is 0.176 e. The maximum absolute atomic E-state index is 6.73. The molecule has 0 aliphatic rings. The molecule has 0 radical (unpaired) electrons. The molecule has 0 bridgehead atoms. The highest BCUT2D eigenvalue weighted by Gasteiger charge is 2.33. The maximum atomic E-state index is 6.73.